The van der Waals surface area contributed by atoms with Gasteiger partial charge in [0.2, 0.25) is 0 Å². The first-order valence-electron chi connectivity index (χ1n) is 26.2. The lowest BCUT2D eigenvalue weighted by molar-refractivity contribution is -0.363. The molecule has 9 aliphatic rings. The summed E-state index contributed by atoms with van der Waals surface area (Å²) in [6.45, 7) is 15.1. The highest BCUT2D eigenvalue weighted by Crippen LogP contribution is 2.71. The third-order valence-corrected chi connectivity index (χ3v) is 19.5. The molecule has 5 heterocycles. The molecule has 23 heteroatoms. The van der Waals surface area contributed by atoms with Gasteiger partial charge in [-0.1, -0.05) is 64.8 Å². The quantitative estimate of drug-likeness (QED) is 0.0690. The van der Waals surface area contributed by atoms with Crippen LogP contribution in [0.5, 0.6) is 0 Å². The van der Waals surface area contributed by atoms with Crippen LogP contribution in [0.15, 0.2) is 23.8 Å². The molecule has 1 spiro atoms. The number of rotatable bonds is 13. The molecule has 5 aliphatic heterocycles. The molecule has 3 saturated carbocycles. The van der Waals surface area contributed by atoms with E-state index in [1.54, 1.807) is 13.8 Å². The van der Waals surface area contributed by atoms with Crippen molar-refractivity contribution in [1.82, 2.24) is 0 Å². The van der Waals surface area contributed by atoms with Gasteiger partial charge in [0, 0.05) is 24.2 Å². The van der Waals surface area contributed by atoms with Gasteiger partial charge in [-0.05, 0) is 80.5 Å². The van der Waals surface area contributed by atoms with Gasteiger partial charge < -0.3 is 83.5 Å². The van der Waals surface area contributed by atoms with Crippen molar-refractivity contribution in [2.45, 2.75) is 216 Å². The van der Waals surface area contributed by atoms with E-state index >= 15 is 0 Å². The molecular formula is C50H78O22S. The molecule has 0 radical (unpaired) electrons. The van der Waals surface area contributed by atoms with Crippen LogP contribution in [0.1, 0.15) is 99.3 Å². The molecule has 9 rings (SSSR count). The maximum Gasteiger partial charge on any atom is 0.397 e. The van der Waals surface area contributed by atoms with E-state index in [1.807, 2.05) is 0 Å². The zero-order valence-corrected chi connectivity index (χ0v) is 43.2. The topological polar surface area (TPSA) is 326 Å². The number of allylic oxidation sites excluding steroid dienone is 1. The average molecular weight is 1060 g/mol. The lowest BCUT2D eigenvalue weighted by atomic mass is 9.46. The van der Waals surface area contributed by atoms with Crippen molar-refractivity contribution in [3.63, 3.8) is 0 Å². The fourth-order valence-corrected chi connectivity index (χ4v) is 15.1. The van der Waals surface area contributed by atoms with Crippen molar-refractivity contribution >= 4 is 16.4 Å². The van der Waals surface area contributed by atoms with Crippen molar-refractivity contribution in [3.8, 4) is 0 Å². The van der Waals surface area contributed by atoms with Crippen molar-refractivity contribution in [2.24, 2.45) is 46.3 Å². The summed E-state index contributed by atoms with van der Waals surface area (Å²) in [5.41, 5.74) is 1.14. The van der Waals surface area contributed by atoms with Gasteiger partial charge in [-0.25, -0.2) is 8.98 Å². The standard InChI is InChI=1S/C50H78O22S/c1-8-22(3)35(51)44(59)63-19-31-37(53)40(56)42(58)46(68-31)67-26-15-25-9-10-27-28(12-13-48(6)29(27)17-30-34(48)23(4)50(71-30)14-11-21(2)18-65-50)49(25,7)33(16-26)69-47-43(38(54)32(20-64-47)72-73(60,61)62)70-45-41(57)39(55)36(52)24(5)66-45/h9,22-24,26-43,45-47,51-58H,2,8,10-20H2,1,3-7H3,(H,60,61,62). The van der Waals surface area contributed by atoms with E-state index in [1.165, 1.54) is 6.92 Å². The van der Waals surface area contributed by atoms with Crippen LogP contribution >= 0.6 is 0 Å². The minimum absolute atomic E-state index is 0.00307. The van der Waals surface area contributed by atoms with Crippen LogP contribution < -0.4 is 0 Å². The van der Waals surface area contributed by atoms with Crippen molar-refractivity contribution < 1.29 is 105 Å². The van der Waals surface area contributed by atoms with Gasteiger partial charge in [0.1, 0.15) is 67.6 Å². The summed E-state index contributed by atoms with van der Waals surface area (Å²) >= 11 is 0. The van der Waals surface area contributed by atoms with Crippen LogP contribution in [0, 0.1) is 46.3 Å². The first-order chi connectivity index (χ1) is 34.3. The number of esters is 1. The minimum Gasteiger partial charge on any atom is -0.461 e. The van der Waals surface area contributed by atoms with Gasteiger partial charge in [0.15, 0.2) is 30.8 Å². The highest BCUT2D eigenvalue weighted by molar-refractivity contribution is 7.80. The number of hydrogen-bond donors (Lipinski definition) is 9. The number of carbonyl (C=O) groups excluding carboxylic acids is 1. The number of ether oxygens (including phenoxy) is 9. The molecule has 27 atom stereocenters. The summed E-state index contributed by atoms with van der Waals surface area (Å²) in [6, 6.07) is 0. The average Bonchev–Trinajstić information content (AvgIpc) is 3.80. The van der Waals surface area contributed by atoms with Crippen LogP contribution in [-0.4, -0.2) is 196 Å². The fraction of sp³-hybridized carbons (Fsp3) is 0.900. The highest BCUT2D eigenvalue weighted by atomic mass is 32.3. The Balaban J connectivity index is 1.01. The second kappa shape index (κ2) is 21.1. The molecule has 22 nitrogen and oxygen atoms in total. The Morgan fingerprint density at radius 2 is 1.59 bits per heavy atom. The van der Waals surface area contributed by atoms with E-state index in [0.29, 0.717) is 19.4 Å². The third-order valence-electron chi connectivity index (χ3n) is 19.0. The van der Waals surface area contributed by atoms with Gasteiger partial charge in [-0.15, -0.1) is 0 Å². The van der Waals surface area contributed by atoms with Crippen molar-refractivity contribution in [2.75, 3.05) is 19.8 Å². The Kier molecular flexibility index (Phi) is 16.2. The zero-order chi connectivity index (χ0) is 52.9. The summed E-state index contributed by atoms with van der Waals surface area (Å²) in [5, 5.41) is 87.7. The predicted octanol–water partition coefficient (Wildman–Crippen LogP) is 0.529. The summed E-state index contributed by atoms with van der Waals surface area (Å²) in [7, 11) is -5.15. The number of aliphatic hydroxyl groups is 8. The van der Waals surface area contributed by atoms with Crippen LogP contribution in [-0.2, 0) is 62.0 Å². The Morgan fingerprint density at radius 3 is 2.26 bits per heavy atom. The molecule has 0 aromatic heterocycles. The van der Waals surface area contributed by atoms with Crippen molar-refractivity contribution in [1.29, 1.82) is 0 Å². The molecule has 0 bridgehead atoms. The molecule has 27 unspecified atom stereocenters. The summed E-state index contributed by atoms with van der Waals surface area (Å²) in [4.78, 5) is 12.7. The van der Waals surface area contributed by atoms with E-state index in [-0.39, 0.29) is 47.5 Å². The van der Waals surface area contributed by atoms with Crippen LogP contribution in [0.4, 0.5) is 0 Å². The maximum absolute atomic E-state index is 12.7. The van der Waals surface area contributed by atoms with Gasteiger partial charge in [0.05, 0.1) is 37.6 Å². The van der Waals surface area contributed by atoms with Gasteiger partial charge >= 0.3 is 16.4 Å². The Morgan fingerprint density at radius 1 is 0.890 bits per heavy atom. The normalized spacial score (nSPS) is 50.8. The minimum atomic E-state index is -5.15. The molecule has 9 N–H and O–H groups in total. The maximum atomic E-state index is 12.7. The second-order valence-corrected chi connectivity index (χ2v) is 24.1. The SMILES string of the molecule is C=C1CCC2(OC1)OC1CC3C4CC=C5CC(OC6OC(COC(=O)C(O)C(C)CC)C(O)C(O)C6O)CC(OC6OCC(OS(=O)(=O)O)C(O)C6OC6OC(C)C(O)C(O)C6O)C5(C)C4CCC3(C)C1C2C. The van der Waals surface area contributed by atoms with Gasteiger partial charge in [0.25, 0.3) is 0 Å². The first-order valence-corrected chi connectivity index (χ1v) is 27.5. The molecule has 5 saturated heterocycles. The molecule has 416 valence electrons. The molecule has 4 aliphatic carbocycles. The lowest BCUT2D eigenvalue weighted by Crippen LogP contribution is -2.64. The Hall–Kier alpha value is -1.82. The third kappa shape index (κ3) is 10.2. The van der Waals surface area contributed by atoms with Gasteiger partial charge in [-0.2, -0.15) is 8.42 Å². The zero-order valence-electron chi connectivity index (χ0n) is 42.4. The monoisotopic (exact) mass is 1060 g/mol. The fourth-order valence-electron chi connectivity index (χ4n) is 14.6. The Labute approximate surface area is 426 Å². The number of aliphatic hydroxyl groups excluding tert-OH is 8. The van der Waals surface area contributed by atoms with Crippen LogP contribution in [0.3, 0.4) is 0 Å². The molecule has 8 fully saturated rings. The smallest absolute Gasteiger partial charge is 0.397 e. The summed E-state index contributed by atoms with van der Waals surface area (Å²) in [6.07, 6.45) is -18.3. The molecule has 0 amide bonds. The second-order valence-electron chi connectivity index (χ2n) is 23.1. The van der Waals surface area contributed by atoms with Crippen LogP contribution in [0.25, 0.3) is 0 Å². The number of hydrogen-bond acceptors (Lipinski definition) is 21. The summed E-state index contributed by atoms with van der Waals surface area (Å²) < 4.78 is 94.7. The number of fused-ring (bicyclic) bond motifs is 7. The van der Waals surface area contributed by atoms with E-state index in [4.69, 9.17) is 46.8 Å². The molecular weight excluding hydrogens is 985 g/mol. The first kappa shape index (κ1) is 55.9. The van der Waals surface area contributed by atoms with E-state index in [2.05, 4.69) is 33.4 Å². The molecule has 0 aromatic rings. The van der Waals surface area contributed by atoms with E-state index in [9.17, 15) is 58.6 Å². The molecule has 0 aromatic carbocycles. The van der Waals surface area contributed by atoms with Gasteiger partial charge in [-0.3, -0.25) is 4.55 Å². The lowest BCUT2D eigenvalue weighted by Gasteiger charge is -2.61. The van der Waals surface area contributed by atoms with Crippen molar-refractivity contribution in [3.05, 3.63) is 23.8 Å². The number of carbonyl (C=O) groups is 1. The largest absolute Gasteiger partial charge is 0.461 e. The summed E-state index contributed by atoms with van der Waals surface area (Å²) in [5.74, 6) is -1.23. The van der Waals surface area contributed by atoms with Crippen LogP contribution in [0.2, 0.25) is 0 Å². The Bertz CT molecular complexity index is 2140. The highest BCUT2D eigenvalue weighted by Gasteiger charge is 2.70. The van der Waals surface area contributed by atoms with E-state index < -0.39 is 151 Å². The molecule has 73 heavy (non-hydrogen) atoms. The van der Waals surface area contributed by atoms with E-state index in [0.717, 1.165) is 49.7 Å². The predicted molar refractivity (Wildman–Crippen MR) is 249 cm³/mol.